The average molecular weight is 587 g/mol. The van der Waals surface area contributed by atoms with Crippen LogP contribution >= 0.6 is 0 Å². The van der Waals surface area contributed by atoms with Crippen molar-refractivity contribution in [2.45, 2.75) is 51.1 Å². The molecule has 3 unspecified atom stereocenters. The average Bonchev–Trinajstić information content (AvgIpc) is 2.89. The number of anilines is 2. The van der Waals surface area contributed by atoms with Crippen LogP contribution in [0, 0.1) is 34.5 Å². The van der Waals surface area contributed by atoms with E-state index >= 15 is 0 Å². The zero-order chi connectivity index (χ0) is 30.1. The molecule has 0 saturated heterocycles. The van der Waals surface area contributed by atoms with Gasteiger partial charge in [0.1, 0.15) is 23.2 Å². The summed E-state index contributed by atoms with van der Waals surface area (Å²) in [6.45, 7) is 0.528. The molecule has 0 radical (unpaired) electrons. The second kappa shape index (κ2) is 11.6. The zero-order valence-electron chi connectivity index (χ0n) is 22.9. The van der Waals surface area contributed by atoms with Crippen LogP contribution in [0.4, 0.5) is 24.9 Å². The van der Waals surface area contributed by atoms with E-state index in [0.29, 0.717) is 18.3 Å². The molecule has 1 aromatic carbocycles. The van der Waals surface area contributed by atoms with Crippen molar-refractivity contribution < 1.29 is 27.5 Å². The largest absolute Gasteiger partial charge is 0.573 e. The van der Waals surface area contributed by atoms with Gasteiger partial charge in [-0.05, 0) is 61.3 Å². The van der Waals surface area contributed by atoms with Gasteiger partial charge in [0, 0.05) is 24.7 Å². The van der Waals surface area contributed by atoms with Gasteiger partial charge in [0.25, 0.3) is 0 Å². The first kappa shape index (κ1) is 29.4. The number of alkyl halides is 3. The van der Waals surface area contributed by atoms with E-state index in [1.54, 1.807) is 6.07 Å². The molecule has 4 aliphatic carbocycles. The van der Waals surface area contributed by atoms with Gasteiger partial charge in [0.05, 0.1) is 19.3 Å². The summed E-state index contributed by atoms with van der Waals surface area (Å²) < 4.78 is 42.5. The molecule has 4 saturated carbocycles. The third-order valence-corrected chi connectivity index (χ3v) is 8.67. The molecule has 2 amide bonds. The number of carbonyl (C=O) groups is 2. The van der Waals surface area contributed by atoms with Crippen molar-refractivity contribution in [3.05, 3.63) is 41.6 Å². The summed E-state index contributed by atoms with van der Waals surface area (Å²) in [5.41, 5.74) is 11.4. The molecule has 1 aromatic heterocycles. The van der Waals surface area contributed by atoms with Gasteiger partial charge in [-0.15, -0.1) is 13.2 Å². The zero-order valence-corrected chi connectivity index (χ0v) is 22.9. The predicted octanol–water partition coefficient (Wildman–Crippen LogP) is 2.74. The highest BCUT2D eigenvalue weighted by molar-refractivity contribution is 5.79. The maximum absolute atomic E-state index is 12.8. The van der Waals surface area contributed by atoms with Crippen molar-refractivity contribution in [3.63, 3.8) is 0 Å². The first-order chi connectivity index (χ1) is 19.9. The topological polar surface area (TPSA) is 172 Å². The Bertz CT molecular complexity index is 1350. The van der Waals surface area contributed by atoms with Crippen molar-refractivity contribution in [1.82, 2.24) is 14.9 Å². The highest BCUT2D eigenvalue weighted by atomic mass is 19.4. The predicted molar refractivity (Wildman–Crippen MR) is 145 cm³/mol. The summed E-state index contributed by atoms with van der Waals surface area (Å²) in [5, 5.41) is 16.0. The van der Waals surface area contributed by atoms with Gasteiger partial charge < -0.3 is 26.8 Å². The number of para-hydroxylation sites is 1. The van der Waals surface area contributed by atoms with Crippen LogP contribution in [0.5, 0.6) is 5.75 Å². The van der Waals surface area contributed by atoms with E-state index < -0.39 is 18.2 Å². The molecule has 6 N–H and O–H groups in total. The molecule has 14 heteroatoms. The summed E-state index contributed by atoms with van der Waals surface area (Å²) in [5.74, 6) is 0.285. The number of primary amides is 2. The molecule has 0 spiro atoms. The Morgan fingerprint density at radius 1 is 1.10 bits per heavy atom. The van der Waals surface area contributed by atoms with Crippen LogP contribution in [0.1, 0.15) is 43.2 Å². The maximum atomic E-state index is 12.8. The number of nitrogens with two attached hydrogens (primary N) is 2. The van der Waals surface area contributed by atoms with E-state index in [1.165, 1.54) is 24.4 Å². The van der Waals surface area contributed by atoms with Crippen molar-refractivity contribution in [2.75, 3.05) is 30.3 Å². The number of hydrogen-bond donors (Lipinski definition) is 4. The Labute approximate surface area is 240 Å². The van der Waals surface area contributed by atoms with Crippen LogP contribution < -0.4 is 26.8 Å². The van der Waals surface area contributed by atoms with Gasteiger partial charge >= 0.3 is 6.36 Å². The van der Waals surface area contributed by atoms with Gasteiger partial charge in [0.2, 0.25) is 17.8 Å². The minimum Gasteiger partial charge on any atom is -0.405 e. The van der Waals surface area contributed by atoms with E-state index in [4.69, 9.17) is 11.5 Å². The summed E-state index contributed by atoms with van der Waals surface area (Å²) in [6.07, 6.45) is 1.39. The number of hydrogen-bond acceptors (Lipinski definition) is 9. The monoisotopic (exact) mass is 586 g/mol. The Kier molecular flexibility index (Phi) is 8.14. The highest BCUT2D eigenvalue weighted by Crippen LogP contribution is 2.61. The molecule has 1 heterocycles. The first-order valence-electron chi connectivity index (χ1n) is 13.8. The number of amides is 2. The number of nitrogens with zero attached hydrogens (tertiary/aromatic N) is 4. The van der Waals surface area contributed by atoms with Gasteiger partial charge in [-0.25, -0.2) is 4.98 Å². The Morgan fingerprint density at radius 2 is 1.76 bits per heavy atom. The van der Waals surface area contributed by atoms with Gasteiger partial charge in [0.15, 0.2) is 0 Å². The van der Waals surface area contributed by atoms with Crippen LogP contribution in [-0.4, -0.2) is 58.7 Å². The summed E-state index contributed by atoms with van der Waals surface area (Å²) in [7, 11) is 0. The fourth-order valence-corrected chi connectivity index (χ4v) is 7.65. The normalized spacial score (nSPS) is 26.1. The number of aromatic nitrogens is 2. The number of nitrogens with one attached hydrogen (secondary N) is 2. The van der Waals surface area contributed by atoms with E-state index in [-0.39, 0.29) is 65.8 Å². The van der Waals surface area contributed by atoms with Crippen molar-refractivity contribution >= 4 is 23.6 Å². The quantitative estimate of drug-likeness (QED) is 0.292. The summed E-state index contributed by atoms with van der Waals surface area (Å²) in [6, 6.07) is 7.94. The Balaban J connectivity index is 1.27. The molecule has 6 rings (SSSR count). The molecule has 0 aliphatic heterocycles. The Morgan fingerprint density at radius 3 is 2.38 bits per heavy atom. The molecule has 2 aromatic rings. The third-order valence-electron chi connectivity index (χ3n) is 8.67. The smallest absolute Gasteiger partial charge is 0.405 e. The number of rotatable bonds is 12. The van der Waals surface area contributed by atoms with Crippen LogP contribution in [0.25, 0.3) is 0 Å². The standard InChI is InChI=1S/C28H33F3N8O3/c29-28(30,31)42-21-4-2-1-3-17(21)11-35-26-36-12-20(10-32)25(38-26)37-15-27-7-16-5-18(8-27)24(19(6-16)9-27)39(13-22(33)40)14-23(34)41/h1-4,12,16,18-19,24H,5-9,11,13-15H2,(H2,33,40)(H2,34,41)(H2,35,36,37,38)/t16?,18-,19+,24?,27?. The Hall–Kier alpha value is -4.12. The fraction of sp³-hybridized carbons (Fsp3) is 0.536. The molecular formula is C28H33F3N8O3. The van der Waals surface area contributed by atoms with E-state index in [1.807, 2.05) is 4.90 Å². The van der Waals surface area contributed by atoms with Gasteiger partial charge in [-0.2, -0.15) is 10.2 Å². The van der Waals surface area contributed by atoms with Crippen LogP contribution in [0.15, 0.2) is 30.5 Å². The first-order valence-corrected chi connectivity index (χ1v) is 13.8. The molecule has 4 bridgehead atoms. The third kappa shape index (κ3) is 6.67. The van der Waals surface area contributed by atoms with Crippen molar-refractivity contribution in [2.24, 2.45) is 34.6 Å². The second-order valence-electron chi connectivity index (χ2n) is 11.7. The lowest BCUT2D eigenvalue weighted by Gasteiger charge is -2.62. The second-order valence-corrected chi connectivity index (χ2v) is 11.7. The SMILES string of the molecule is N#Cc1cnc(NCc2ccccc2OC(F)(F)F)nc1NCC12CC3C[C@H](C1)C(N(CC(N)=O)CC(N)=O)[C@@H](C3)C2. The molecule has 5 atom stereocenters. The minimum atomic E-state index is -4.82. The molecule has 224 valence electrons. The number of carbonyl (C=O) groups excluding carboxylic acids is 2. The lowest BCUT2D eigenvalue weighted by molar-refractivity contribution is -0.274. The van der Waals surface area contributed by atoms with Crippen LogP contribution in [0.2, 0.25) is 0 Å². The number of benzene rings is 1. The van der Waals surface area contributed by atoms with Crippen molar-refractivity contribution in [3.8, 4) is 11.8 Å². The van der Waals surface area contributed by atoms with Crippen molar-refractivity contribution in [1.29, 1.82) is 5.26 Å². The number of halogens is 3. The number of ether oxygens (including phenoxy) is 1. The summed E-state index contributed by atoms with van der Waals surface area (Å²) in [4.78, 5) is 34.0. The lowest BCUT2D eigenvalue weighted by atomic mass is 9.47. The van der Waals surface area contributed by atoms with Crippen LogP contribution in [-0.2, 0) is 16.1 Å². The van der Waals surface area contributed by atoms with E-state index in [9.17, 15) is 28.0 Å². The van der Waals surface area contributed by atoms with E-state index in [2.05, 4.69) is 31.4 Å². The molecule has 4 aliphatic rings. The lowest BCUT2D eigenvalue weighted by Crippen LogP contribution is -2.62. The fourth-order valence-electron chi connectivity index (χ4n) is 7.65. The molecular weight excluding hydrogens is 553 g/mol. The number of nitriles is 1. The minimum absolute atomic E-state index is 0.00836. The molecule has 42 heavy (non-hydrogen) atoms. The molecule has 4 fully saturated rings. The maximum Gasteiger partial charge on any atom is 0.573 e. The molecule has 11 nitrogen and oxygen atoms in total. The van der Waals surface area contributed by atoms with E-state index in [0.717, 1.165) is 32.1 Å². The van der Waals surface area contributed by atoms with Gasteiger partial charge in [-0.3, -0.25) is 14.5 Å². The summed E-state index contributed by atoms with van der Waals surface area (Å²) >= 11 is 0. The van der Waals surface area contributed by atoms with Crippen LogP contribution in [0.3, 0.4) is 0 Å². The highest BCUT2D eigenvalue weighted by Gasteiger charge is 2.56. The van der Waals surface area contributed by atoms with Gasteiger partial charge in [-0.1, -0.05) is 18.2 Å².